The summed E-state index contributed by atoms with van der Waals surface area (Å²) in [5, 5.41) is 47.0. The Labute approximate surface area is 252 Å². The molecule has 0 amide bonds. The molecule has 2 fully saturated rings. The fourth-order valence-corrected chi connectivity index (χ4v) is 8.59. The van der Waals surface area contributed by atoms with Gasteiger partial charge in [0.1, 0.15) is 28.6 Å². The quantitative estimate of drug-likeness (QED) is 0.298. The molecule has 0 spiro atoms. The number of carbonyl (C=O) groups is 4. The molecule has 0 bridgehead atoms. The van der Waals surface area contributed by atoms with Gasteiger partial charge in [-0.3, -0.25) is 19.2 Å². The van der Waals surface area contributed by atoms with E-state index in [1.807, 2.05) is 26.8 Å². The van der Waals surface area contributed by atoms with Crippen LogP contribution in [0, 0.1) is 28.1 Å². The first-order valence-corrected chi connectivity index (χ1v) is 15.4. The maximum absolute atomic E-state index is 14.5. The van der Waals surface area contributed by atoms with E-state index in [2.05, 4.69) is 0 Å². The van der Waals surface area contributed by atoms with Gasteiger partial charge in [-0.2, -0.15) is 0 Å². The zero-order chi connectivity index (χ0) is 32.2. The van der Waals surface area contributed by atoms with Crippen molar-refractivity contribution in [2.24, 2.45) is 28.1 Å². The maximum Gasteiger partial charge on any atom is 0.203 e. The molecule has 43 heavy (non-hydrogen) atoms. The largest absolute Gasteiger partial charge is 0.508 e. The summed E-state index contributed by atoms with van der Waals surface area (Å²) in [5.41, 5.74) is -4.10. The number of phenolic OH excluding ortho intramolecular Hbond substituents is 1. The highest BCUT2D eigenvalue weighted by Crippen LogP contribution is 2.65. The standard InChI is InChI=1S/C35H44O8/c1-16(2)20-13-19(9-10-22(37)32(6)11-12-32)27(38)24-21(20)14-33(7)15-34(8)25(17(3)4)28(39)23(18(5)36)30(41)35(34,43)31(42)26(33)29(24)40/h13,16-17,25,38,40-41,43H,9-12,14-15H2,1-8H3/t25?,33-,34-,35+/m1/s1. The van der Waals surface area contributed by atoms with Gasteiger partial charge in [0.2, 0.25) is 5.78 Å². The normalized spacial score (nSPS) is 31.3. The molecule has 0 radical (unpaired) electrons. The van der Waals surface area contributed by atoms with Crippen LogP contribution >= 0.6 is 0 Å². The summed E-state index contributed by atoms with van der Waals surface area (Å²) in [6.45, 7) is 14.0. The summed E-state index contributed by atoms with van der Waals surface area (Å²) >= 11 is 0. The zero-order valence-corrected chi connectivity index (χ0v) is 26.5. The van der Waals surface area contributed by atoms with Crippen LogP contribution in [-0.2, 0) is 32.0 Å². The molecule has 0 saturated heterocycles. The highest BCUT2D eigenvalue weighted by Gasteiger charge is 2.72. The average Bonchev–Trinajstić information content (AvgIpc) is 3.63. The monoisotopic (exact) mass is 592 g/mol. The number of Topliss-reactive ketones (excluding diaryl/α,β-unsaturated/α-hetero) is 4. The summed E-state index contributed by atoms with van der Waals surface area (Å²) in [7, 11) is 0. The number of allylic oxidation sites excluding steroid dienone is 1. The lowest BCUT2D eigenvalue weighted by atomic mass is 9.43. The Balaban J connectivity index is 1.74. The number of hydrogen-bond acceptors (Lipinski definition) is 8. The smallest absolute Gasteiger partial charge is 0.203 e. The van der Waals surface area contributed by atoms with Crippen LogP contribution in [0.3, 0.4) is 0 Å². The molecule has 1 aromatic carbocycles. The van der Waals surface area contributed by atoms with E-state index in [-0.39, 0.29) is 65.6 Å². The predicted molar refractivity (Wildman–Crippen MR) is 161 cm³/mol. The fourth-order valence-electron chi connectivity index (χ4n) is 8.59. The molecule has 5 rings (SSSR count). The van der Waals surface area contributed by atoms with Crippen molar-refractivity contribution >= 4 is 28.9 Å². The van der Waals surface area contributed by atoms with E-state index in [9.17, 15) is 39.6 Å². The van der Waals surface area contributed by atoms with Crippen LogP contribution in [0.5, 0.6) is 5.75 Å². The number of carbonyl (C=O) groups excluding carboxylic acids is 4. The minimum absolute atomic E-state index is 0.0146. The first kappa shape index (κ1) is 31.2. The van der Waals surface area contributed by atoms with Gasteiger partial charge in [0.05, 0.1) is 5.56 Å². The molecule has 0 aromatic heterocycles. The minimum atomic E-state index is -2.64. The number of hydrogen-bond donors (Lipinski definition) is 4. The molecule has 4 aliphatic carbocycles. The molecule has 0 aliphatic heterocycles. The third kappa shape index (κ3) is 4.11. The number of benzene rings is 1. The van der Waals surface area contributed by atoms with Crippen LogP contribution in [0.15, 0.2) is 23.0 Å². The van der Waals surface area contributed by atoms with Gasteiger partial charge in [-0.15, -0.1) is 0 Å². The number of fused-ring (bicyclic) bond motifs is 3. The SMILES string of the molecule is CC(=O)C1=C(O)[C@]2(O)C(=O)C3=C(O)c4c(O)c(CCC(=O)C5(C)CC5)cc(C(C)C)c4C[C@]3(C)C[C@]2(C)C(C(C)C)C1=O. The van der Waals surface area contributed by atoms with Gasteiger partial charge in [-0.05, 0) is 67.6 Å². The van der Waals surface area contributed by atoms with E-state index in [0.29, 0.717) is 11.1 Å². The third-order valence-corrected chi connectivity index (χ3v) is 11.0. The highest BCUT2D eigenvalue weighted by atomic mass is 16.3. The van der Waals surface area contributed by atoms with E-state index in [0.717, 1.165) is 25.3 Å². The third-order valence-electron chi connectivity index (χ3n) is 11.0. The lowest BCUT2D eigenvalue weighted by Gasteiger charge is -2.60. The molecule has 4 atom stereocenters. The van der Waals surface area contributed by atoms with Gasteiger partial charge in [0.15, 0.2) is 17.2 Å². The summed E-state index contributed by atoms with van der Waals surface area (Å²) in [6, 6.07) is 1.89. The average molecular weight is 593 g/mol. The van der Waals surface area contributed by atoms with E-state index in [1.54, 1.807) is 27.7 Å². The van der Waals surface area contributed by atoms with Gasteiger partial charge < -0.3 is 20.4 Å². The Bertz CT molecular complexity index is 1550. The molecule has 1 aromatic rings. The van der Waals surface area contributed by atoms with Crippen molar-refractivity contribution in [3.8, 4) is 5.75 Å². The molecular weight excluding hydrogens is 548 g/mol. The lowest BCUT2D eigenvalue weighted by molar-refractivity contribution is -0.178. The van der Waals surface area contributed by atoms with Crippen molar-refractivity contribution in [3.63, 3.8) is 0 Å². The molecule has 1 unspecified atom stereocenters. The van der Waals surface area contributed by atoms with Crippen molar-refractivity contribution in [3.05, 3.63) is 45.2 Å². The lowest BCUT2D eigenvalue weighted by Crippen LogP contribution is -2.69. The van der Waals surface area contributed by atoms with Gasteiger partial charge in [-0.1, -0.05) is 54.5 Å². The molecule has 4 aliphatic rings. The fraction of sp³-hybridized carbons (Fsp3) is 0.600. The molecule has 8 nitrogen and oxygen atoms in total. The summed E-state index contributed by atoms with van der Waals surface area (Å²) < 4.78 is 0. The first-order valence-electron chi connectivity index (χ1n) is 15.4. The summed E-state index contributed by atoms with van der Waals surface area (Å²) in [6.07, 6.45) is 2.50. The number of rotatable bonds is 7. The zero-order valence-electron chi connectivity index (χ0n) is 26.5. The number of ketones is 4. The first-order chi connectivity index (χ1) is 19.8. The molecular formula is C35H44O8. The van der Waals surface area contributed by atoms with Gasteiger partial charge >= 0.3 is 0 Å². The Kier molecular flexibility index (Phi) is 6.97. The Morgan fingerprint density at radius 2 is 1.63 bits per heavy atom. The van der Waals surface area contributed by atoms with Gasteiger partial charge in [-0.25, -0.2) is 0 Å². The number of aryl methyl sites for hydroxylation is 1. The van der Waals surface area contributed by atoms with Gasteiger partial charge in [0, 0.05) is 34.2 Å². The minimum Gasteiger partial charge on any atom is -0.508 e. The maximum atomic E-state index is 14.5. The van der Waals surface area contributed by atoms with Crippen LogP contribution in [0.1, 0.15) is 109 Å². The second-order valence-electron chi connectivity index (χ2n) is 14.9. The second-order valence-corrected chi connectivity index (χ2v) is 14.9. The molecule has 8 heteroatoms. The van der Waals surface area contributed by atoms with Crippen LogP contribution in [-0.4, -0.2) is 49.2 Å². The number of aliphatic hydroxyl groups excluding tert-OH is 2. The Morgan fingerprint density at radius 1 is 1.02 bits per heavy atom. The number of phenols is 1. The van der Waals surface area contributed by atoms with E-state index >= 15 is 0 Å². The Hall–Kier alpha value is -3.26. The van der Waals surface area contributed by atoms with Crippen molar-refractivity contribution in [2.45, 2.75) is 105 Å². The molecule has 2 saturated carbocycles. The van der Waals surface area contributed by atoms with E-state index in [4.69, 9.17) is 0 Å². The molecule has 0 heterocycles. The topological polar surface area (TPSA) is 149 Å². The van der Waals surface area contributed by atoms with Gasteiger partial charge in [0.25, 0.3) is 0 Å². The van der Waals surface area contributed by atoms with Crippen LogP contribution < -0.4 is 0 Å². The Morgan fingerprint density at radius 3 is 2.14 bits per heavy atom. The predicted octanol–water partition coefficient (Wildman–Crippen LogP) is 5.62. The number of aromatic hydroxyl groups is 1. The van der Waals surface area contributed by atoms with Crippen molar-refractivity contribution in [1.82, 2.24) is 0 Å². The number of aliphatic hydroxyl groups is 3. The molecule has 4 N–H and O–H groups in total. The van der Waals surface area contributed by atoms with Crippen molar-refractivity contribution in [2.75, 3.05) is 0 Å². The second kappa shape index (κ2) is 9.62. The van der Waals surface area contributed by atoms with E-state index in [1.165, 1.54) is 0 Å². The summed E-state index contributed by atoms with van der Waals surface area (Å²) in [4.78, 5) is 53.6. The highest BCUT2D eigenvalue weighted by molar-refractivity contribution is 6.24. The van der Waals surface area contributed by atoms with Crippen LogP contribution in [0.2, 0.25) is 0 Å². The van der Waals surface area contributed by atoms with Crippen molar-refractivity contribution in [1.29, 1.82) is 0 Å². The van der Waals surface area contributed by atoms with Crippen LogP contribution in [0.4, 0.5) is 0 Å². The van der Waals surface area contributed by atoms with Crippen LogP contribution in [0.25, 0.3) is 5.76 Å². The van der Waals surface area contributed by atoms with Crippen molar-refractivity contribution < 1.29 is 39.6 Å². The summed E-state index contributed by atoms with van der Waals surface area (Å²) in [5.74, 6) is -5.22. The molecule has 232 valence electrons. The van der Waals surface area contributed by atoms with E-state index < -0.39 is 56.8 Å².